The molecule has 0 aliphatic rings. The standard InChI is InChI=1S/C13H15NO2/c1-3-9-5-6-10(8-14)12(7-13(15)16)11(9)4-2/h5-6H,3-4,7H2,1-2H3,(H,15,16). The zero-order valence-corrected chi connectivity index (χ0v) is 9.58. The van der Waals surface area contributed by atoms with E-state index in [1.165, 1.54) is 0 Å². The van der Waals surface area contributed by atoms with Crippen molar-refractivity contribution in [2.75, 3.05) is 0 Å². The fraction of sp³-hybridized carbons (Fsp3) is 0.385. The molecule has 0 heterocycles. The maximum absolute atomic E-state index is 10.8. The zero-order valence-electron chi connectivity index (χ0n) is 9.58. The summed E-state index contributed by atoms with van der Waals surface area (Å²) in [5, 5.41) is 17.8. The van der Waals surface area contributed by atoms with E-state index in [9.17, 15) is 4.79 Å². The molecule has 3 heteroatoms. The Bertz CT molecular complexity index is 444. The van der Waals surface area contributed by atoms with Gasteiger partial charge in [-0.2, -0.15) is 5.26 Å². The third kappa shape index (κ3) is 2.40. The van der Waals surface area contributed by atoms with Gasteiger partial charge in [-0.3, -0.25) is 4.79 Å². The molecule has 1 aromatic carbocycles. The van der Waals surface area contributed by atoms with Crippen LogP contribution in [0.3, 0.4) is 0 Å². The van der Waals surface area contributed by atoms with Gasteiger partial charge in [0.25, 0.3) is 0 Å². The van der Waals surface area contributed by atoms with Crippen molar-refractivity contribution >= 4 is 5.97 Å². The molecule has 1 rings (SSSR count). The Balaban J connectivity index is 3.37. The van der Waals surface area contributed by atoms with Gasteiger partial charge in [-0.15, -0.1) is 0 Å². The monoisotopic (exact) mass is 217 g/mol. The van der Waals surface area contributed by atoms with Crippen molar-refractivity contribution in [3.63, 3.8) is 0 Å². The molecular weight excluding hydrogens is 202 g/mol. The molecule has 0 aromatic heterocycles. The van der Waals surface area contributed by atoms with Crippen LogP contribution >= 0.6 is 0 Å². The molecule has 16 heavy (non-hydrogen) atoms. The number of nitriles is 1. The van der Waals surface area contributed by atoms with Gasteiger partial charge >= 0.3 is 5.97 Å². The van der Waals surface area contributed by atoms with Crippen molar-refractivity contribution < 1.29 is 9.90 Å². The average molecular weight is 217 g/mol. The number of carboxylic acid groups (broad SMARTS) is 1. The third-order valence-electron chi connectivity index (χ3n) is 2.71. The summed E-state index contributed by atoms with van der Waals surface area (Å²) in [6.07, 6.45) is 1.56. The van der Waals surface area contributed by atoms with Gasteiger partial charge in [-0.25, -0.2) is 0 Å². The lowest BCUT2D eigenvalue weighted by molar-refractivity contribution is -0.136. The van der Waals surface area contributed by atoms with Gasteiger partial charge in [0.15, 0.2) is 0 Å². The molecule has 0 saturated carbocycles. The highest BCUT2D eigenvalue weighted by Crippen LogP contribution is 2.21. The summed E-state index contributed by atoms with van der Waals surface area (Å²) in [5.74, 6) is -0.889. The molecule has 0 radical (unpaired) electrons. The molecule has 0 unspecified atom stereocenters. The van der Waals surface area contributed by atoms with Crippen LogP contribution in [0.2, 0.25) is 0 Å². The molecule has 0 saturated heterocycles. The summed E-state index contributed by atoms with van der Waals surface area (Å²) >= 11 is 0. The molecule has 0 bridgehead atoms. The van der Waals surface area contributed by atoms with Gasteiger partial charge in [0.1, 0.15) is 0 Å². The second-order valence-electron chi connectivity index (χ2n) is 3.62. The molecule has 0 atom stereocenters. The fourth-order valence-electron chi connectivity index (χ4n) is 1.97. The minimum absolute atomic E-state index is 0.0695. The van der Waals surface area contributed by atoms with Gasteiger partial charge in [0.2, 0.25) is 0 Å². The maximum Gasteiger partial charge on any atom is 0.307 e. The highest BCUT2D eigenvalue weighted by atomic mass is 16.4. The molecule has 0 spiro atoms. The SMILES string of the molecule is CCc1ccc(C#N)c(CC(=O)O)c1CC. The molecule has 84 valence electrons. The highest BCUT2D eigenvalue weighted by molar-refractivity contribution is 5.72. The maximum atomic E-state index is 10.8. The Labute approximate surface area is 95.3 Å². The van der Waals surface area contributed by atoms with Gasteiger partial charge in [-0.05, 0) is 35.6 Å². The van der Waals surface area contributed by atoms with Gasteiger partial charge < -0.3 is 5.11 Å². The minimum Gasteiger partial charge on any atom is -0.481 e. The van der Waals surface area contributed by atoms with Crippen molar-refractivity contribution in [1.29, 1.82) is 5.26 Å². The second kappa shape index (κ2) is 5.32. The van der Waals surface area contributed by atoms with E-state index in [4.69, 9.17) is 10.4 Å². The first-order chi connectivity index (χ1) is 7.63. The molecule has 0 aliphatic carbocycles. The smallest absolute Gasteiger partial charge is 0.307 e. The Morgan fingerprint density at radius 2 is 2.00 bits per heavy atom. The number of aryl methyl sites for hydroxylation is 1. The normalized spacial score (nSPS) is 9.81. The lowest BCUT2D eigenvalue weighted by Crippen LogP contribution is -2.08. The van der Waals surface area contributed by atoms with Crippen molar-refractivity contribution in [1.82, 2.24) is 0 Å². The summed E-state index contributed by atoms with van der Waals surface area (Å²) in [6, 6.07) is 5.70. The molecule has 0 aliphatic heterocycles. The van der Waals surface area contributed by atoms with Crippen molar-refractivity contribution in [2.45, 2.75) is 33.1 Å². The van der Waals surface area contributed by atoms with Crippen molar-refractivity contribution in [3.05, 3.63) is 34.4 Å². The first-order valence-corrected chi connectivity index (χ1v) is 5.39. The van der Waals surface area contributed by atoms with Crippen LogP contribution in [0.4, 0.5) is 0 Å². The highest BCUT2D eigenvalue weighted by Gasteiger charge is 2.13. The number of carbonyl (C=O) groups is 1. The van der Waals surface area contributed by atoms with Gasteiger partial charge in [0.05, 0.1) is 18.1 Å². The summed E-state index contributed by atoms with van der Waals surface area (Å²) < 4.78 is 0. The topological polar surface area (TPSA) is 61.1 Å². The average Bonchev–Trinajstić information content (AvgIpc) is 2.27. The van der Waals surface area contributed by atoms with E-state index in [1.54, 1.807) is 6.07 Å². The summed E-state index contributed by atoms with van der Waals surface area (Å²) in [5.41, 5.74) is 3.31. The lowest BCUT2D eigenvalue weighted by Gasteiger charge is -2.12. The quantitative estimate of drug-likeness (QED) is 0.841. The van der Waals surface area contributed by atoms with Crippen LogP contribution in [0.25, 0.3) is 0 Å². The number of hydrogen-bond donors (Lipinski definition) is 1. The van der Waals surface area contributed by atoms with E-state index in [-0.39, 0.29) is 6.42 Å². The molecule has 1 aromatic rings. The van der Waals surface area contributed by atoms with Crippen molar-refractivity contribution in [2.24, 2.45) is 0 Å². The molecule has 0 fully saturated rings. The van der Waals surface area contributed by atoms with Crippen LogP contribution in [0.15, 0.2) is 12.1 Å². The van der Waals surface area contributed by atoms with Crippen LogP contribution in [0, 0.1) is 11.3 Å². The van der Waals surface area contributed by atoms with E-state index in [1.807, 2.05) is 19.9 Å². The zero-order chi connectivity index (χ0) is 12.1. The predicted octanol–water partition coefficient (Wildman–Crippen LogP) is 2.31. The fourth-order valence-corrected chi connectivity index (χ4v) is 1.97. The minimum atomic E-state index is -0.889. The van der Waals surface area contributed by atoms with Crippen LogP contribution in [0.5, 0.6) is 0 Å². The Kier molecular flexibility index (Phi) is 4.07. The predicted molar refractivity (Wildman–Crippen MR) is 61.3 cm³/mol. The van der Waals surface area contributed by atoms with Crippen LogP contribution in [0.1, 0.15) is 36.1 Å². The van der Waals surface area contributed by atoms with Crippen LogP contribution < -0.4 is 0 Å². The van der Waals surface area contributed by atoms with Crippen LogP contribution in [-0.4, -0.2) is 11.1 Å². The first kappa shape index (κ1) is 12.3. The molecule has 1 N–H and O–H groups in total. The van der Waals surface area contributed by atoms with E-state index in [0.29, 0.717) is 11.1 Å². The van der Waals surface area contributed by atoms with Crippen LogP contribution in [-0.2, 0) is 24.1 Å². The molecular formula is C13H15NO2. The summed E-state index contributed by atoms with van der Waals surface area (Å²) in [4.78, 5) is 10.8. The summed E-state index contributed by atoms with van der Waals surface area (Å²) in [6.45, 7) is 4.02. The van der Waals surface area contributed by atoms with E-state index in [0.717, 1.165) is 24.0 Å². The Hall–Kier alpha value is -1.82. The van der Waals surface area contributed by atoms with Gasteiger partial charge in [-0.1, -0.05) is 19.9 Å². The number of nitrogens with zero attached hydrogens (tertiary/aromatic N) is 1. The molecule has 0 amide bonds. The van der Waals surface area contributed by atoms with E-state index in [2.05, 4.69) is 6.07 Å². The lowest BCUT2D eigenvalue weighted by atomic mass is 9.91. The number of aliphatic carboxylic acids is 1. The second-order valence-corrected chi connectivity index (χ2v) is 3.62. The first-order valence-electron chi connectivity index (χ1n) is 5.39. The number of rotatable bonds is 4. The molecule has 3 nitrogen and oxygen atoms in total. The summed E-state index contributed by atoms with van der Waals surface area (Å²) in [7, 11) is 0. The Morgan fingerprint density at radius 1 is 1.31 bits per heavy atom. The number of carboxylic acids is 1. The van der Waals surface area contributed by atoms with Gasteiger partial charge in [0, 0.05) is 0 Å². The number of benzene rings is 1. The van der Waals surface area contributed by atoms with E-state index >= 15 is 0 Å². The van der Waals surface area contributed by atoms with E-state index < -0.39 is 5.97 Å². The Morgan fingerprint density at radius 3 is 2.44 bits per heavy atom. The largest absolute Gasteiger partial charge is 0.481 e. The number of hydrogen-bond acceptors (Lipinski definition) is 2. The third-order valence-corrected chi connectivity index (χ3v) is 2.71. The van der Waals surface area contributed by atoms with Crippen molar-refractivity contribution in [3.8, 4) is 6.07 Å².